The van der Waals surface area contributed by atoms with E-state index in [1.54, 1.807) is 43.0 Å². The van der Waals surface area contributed by atoms with E-state index in [1.165, 1.54) is 4.31 Å². The summed E-state index contributed by atoms with van der Waals surface area (Å²) >= 11 is 13.8. The van der Waals surface area contributed by atoms with Gasteiger partial charge in [-0.2, -0.15) is 17.8 Å². The summed E-state index contributed by atoms with van der Waals surface area (Å²) in [5, 5.41) is 10.6. The molecule has 1 fully saturated rings. The SMILES string of the molecule is CN(C1CCN(Cc2ccc(Cl)c(Cl)c2)C1)S(=O)(=O)NCCc1c(-c2cnccn2)n[nH]c1-c1cccs1. The molecular weight excluding hydrogens is 565 g/mol. The molecule has 1 unspecified atom stereocenters. The first kappa shape index (κ1) is 27.2. The number of aromatic nitrogens is 4. The van der Waals surface area contributed by atoms with Crippen molar-refractivity contribution in [2.24, 2.45) is 0 Å². The highest BCUT2D eigenvalue weighted by Gasteiger charge is 2.32. The first-order valence-electron chi connectivity index (χ1n) is 12.1. The number of nitrogens with zero attached hydrogens (tertiary/aromatic N) is 5. The Bertz CT molecular complexity index is 1480. The van der Waals surface area contributed by atoms with Crippen molar-refractivity contribution >= 4 is 44.7 Å². The minimum atomic E-state index is -3.69. The zero-order chi connectivity index (χ0) is 26.7. The molecule has 5 rings (SSSR count). The van der Waals surface area contributed by atoms with Crippen molar-refractivity contribution in [3.05, 3.63) is 75.5 Å². The lowest BCUT2D eigenvalue weighted by Gasteiger charge is -2.24. The Morgan fingerprint density at radius 2 is 2.11 bits per heavy atom. The number of halogens is 2. The van der Waals surface area contributed by atoms with Crippen molar-refractivity contribution in [3.63, 3.8) is 0 Å². The number of nitrogens with one attached hydrogen (secondary N) is 2. The van der Waals surface area contributed by atoms with Crippen LogP contribution in [0.4, 0.5) is 0 Å². The molecule has 200 valence electrons. The first-order valence-corrected chi connectivity index (χ1v) is 15.2. The van der Waals surface area contributed by atoms with Gasteiger partial charge >= 0.3 is 0 Å². The number of H-pyrrole nitrogens is 1. The zero-order valence-electron chi connectivity index (χ0n) is 20.6. The van der Waals surface area contributed by atoms with E-state index in [2.05, 4.69) is 29.8 Å². The molecule has 1 atom stereocenters. The monoisotopic (exact) mass is 591 g/mol. The highest BCUT2D eigenvalue weighted by molar-refractivity contribution is 7.87. The van der Waals surface area contributed by atoms with E-state index in [0.717, 1.165) is 34.7 Å². The Balaban J connectivity index is 1.23. The minimum Gasteiger partial charge on any atom is -0.297 e. The predicted molar refractivity (Wildman–Crippen MR) is 151 cm³/mol. The average molecular weight is 593 g/mol. The molecule has 4 heterocycles. The van der Waals surface area contributed by atoms with Gasteiger partial charge in [-0.05, 0) is 42.0 Å². The fourth-order valence-electron chi connectivity index (χ4n) is 4.62. The van der Waals surface area contributed by atoms with Crippen LogP contribution in [0.3, 0.4) is 0 Å². The smallest absolute Gasteiger partial charge is 0.279 e. The average Bonchev–Trinajstić information content (AvgIpc) is 3.67. The summed E-state index contributed by atoms with van der Waals surface area (Å²) in [7, 11) is -2.05. The maximum Gasteiger partial charge on any atom is 0.279 e. The molecule has 1 aromatic carbocycles. The molecule has 1 aliphatic heterocycles. The Labute approximate surface area is 236 Å². The first-order chi connectivity index (χ1) is 18.3. The van der Waals surface area contributed by atoms with E-state index in [-0.39, 0.29) is 12.6 Å². The van der Waals surface area contributed by atoms with Gasteiger partial charge in [0.2, 0.25) is 0 Å². The summed E-state index contributed by atoms with van der Waals surface area (Å²) < 4.78 is 30.6. The van der Waals surface area contributed by atoms with E-state index < -0.39 is 10.2 Å². The third kappa shape index (κ3) is 6.09. The molecular formula is C25H27Cl2N7O2S2. The third-order valence-corrected chi connectivity index (χ3v) is 9.88. The quantitative estimate of drug-likeness (QED) is 0.281. The van der Waals surface area contributed by atoms with E-state index in [0.29, 0.717) is 40.9 Å². The fourth-order valence-corrected chi connectivity index (χ4v) is 6.81. The number of hydrogen-bond donors (Lipinski definition) is 2. The van der Waals surface area contributed by atoms with Gasteiger partial charge in [-0.25, -0.2) is 4.72 Å². The zero-order valence-corrected chi connectivity index (χ0v) is 23.8. The van der Waals surface area contributed by atoms with E-state index in [4.69, 9.17) is 23.2 Å². The summed E-state index contributed by atoms with van der Waals surface area (Å²) in [4.78, 5) is 11.8. The van der Waals surface area contributed by atoms with Gasteiger partial charge in [0.25, 0.3) is 10.2 Å². The third-order valence-electron chi connectivity index (χ3n) is 6.63. The minimum absolute atomic E-state index is 0.124. The standard InChI is InChI=1S/C25H27Cl2N7O2S2/c1-33(18-7-11-34(16-18)15-17-4-5-20(26)21(27)13-17)38(35,36)30-8-6-19-24(22-14-28-9-10-29-22)31-32-25(19)23-3-2-12-37-23/h2-5,9-10,12-14,18,30H,6-8,11,15-16H2,1H3,(H,31,32). The van der Waals surface area contributed by atoms with E-state index >= 15 is 0 Å². The Hall–Kier alpha value is -2.38. The lowest BCUT2D eigenvalue weighted by Crippen LogP contribution is -2.45. The second kappa shape index (κ2) is 11.8. The molecule has 0 bridgehead atoms. The van der Waals surface area contributed by atoms with Crippen LogP contribution in [0.1, 0.15) is 17.5 Å². The number of likely N-dealkylation sites (tertiary alicyclic amines) is 1. The van der Waals surface area contributed by atoms with Crippen LogP contribution in [0.25, 0.3) is 22.0 Å². The second-order valence-electron chi connectivity index (χ2n) is 9.09. The van der Waals surface area contributed by atoms with Crippen molar-refractivity contribution in [3.8, 4) is 22.0 Å². The molecule has 0 saturated carbocycles. The molecule has 4 aromatic rings. The Kier molecular flexibility index (Phi) is 8.44. The summed E-state index contributed by atoms with van der Waals surface area (Å²) in [6.07, 6.45) is 6.06. The van der Waals surface area contributed by atoms with Gasteiger partial charge in [0.1, 0.15) is 11.4 Å². The number of hydrogen-bond acceptors (Lipinski definition) is 7. The summed E-state index contributed by atoms with van der Waals surface area (Å²) in [6, 6.07) is 9.43. The van der Waals surface area contributed by atoms with Crippen LogP contribution >= 0.6 is 34.5 Å². The molecule has 0 spiro atoms. The van der Waals surface area contributed by atoms with Gasteiger partial charge in [-0.15, -0.1) is 11.3 Å². The van der Waals surface area contributed by atoms with Gasteiger partial charge in [-0.3, -0.25) is 20.0 Å². The number of benzene rings is 1. The molecule has 1 aliphatic rings. The van der Waals surface area contributed by atoms with Crippen LogP contribution in [0.15, 0.2) is 54.3 Å². The van der Waals surface area contributed by atoms with Gasteiger partial charge in [0.15, 0.2) is 0 Å². The number of likely N-dealkylation sites (N-methyl/N-ethyl adjacent to an activating group) is 1. The van der Waals surface area contributed by atoms with Crippen molar-refractivity contribution in [1.82, 2.24) is 34.1 Å². The fraction of sp³-hybridized carbons (Fsp3) is 0.320. The largest absolute Gasteiger partial charge is 0.297 e. The van der Waals surface area contributed by atoms with Crippen molar-refractivity contribution < 1.29 is 8.42 Å². The molecule has 3 aromatic heterocycles. The Morgan fingerprint density at radius 3 is 2.84 bits per heavy atom. The van der Waals surface area contributed by atoms with Crippen LogP contribution in [-0.2, 0) is 23.2 Å². The maximum atomic E-state index is 13.2. The Morgan fingerprint density at radius 1 is 1.24 bits per heavy atom. The molecule has 0 aliphatic carbocycles. The number of rotatable bonds is 10. The van der Waals surface area contributed by atoms with Gasteiger partial charge in [-0.1, -0.05) is 35.3 Å². The van der Waals surface area contributed by atoms with Crippen LogP contribution in [0.2, 0.25) is 10.0 Å². The van der Waals surface area contributed by atoms with Gasteiger partial charge in [0, 0.05) is 57.2 Å². The van der Waals surface area contributed by atoms with Crippen molar-refractivity contribution in [2.45, 2.75) is 25.4 Å². The van der Waals surface area contributed by atoms with Gasteiger partial charge in [0.05, 0.1) is 26.8 Å². The van der Waals surface area contributed by atoms with Crippen LogP contribution in [0.5, 0.6) is 0 Å². The lowest BCUT2D eigenvalue weighted by atomic mass is 10.1. The number of aromatic amines is 1. The van der Waals surface area contributed by atoms with Crippen LogP contribution < -0.4 is 4.72 Å². The van der Waals surface area contributed by atoms with Crippen molar-refractivity contribution in [2.75, 3.05) is 26.7 Å². The normalized spacial score (nSPS) is 16.5. The maximum absolute atomic E-state index is 13.2. The van der Waals surface area contributed by atoms with Crippen LogP contribution in [-0.4, -0.2) is 70.5 Å². The topological polar surface area (TPSA) is 107 Å². The molecule has 13 heteroatoms. The van der Waals surface area contributed by atoms with E-state index in [9.17, 15) is 8.42 Å². The van der Waals surface area contributed by atoms with E-state index in [1.807, 2.05) is 29.6 Å². The highest BCUT2D eigenvalue weighted by Crippen LogP contribution is 2.32. The molecule has 0 amide bonds. The predicted octanol–water partition coefficient (Wildman–Crippen LogP) is 4.49. The van der Waals surface area contributed by atoms with Crippen molar-refractivity contribution in [1.29, 1.82) is 0 Å². The highest BCUT2D eigenvalue weighted by atomic mass is 35.5. The van der Waals surface area contributed by atoms with Crippen LogP contribution in [0, 0.1) is 0 Å². The molecule has 2 N–H and O–H groups in total. The summed E-state index contributed by atoms with van der Waals surface area (Å²) in [5.74, 6) is 0. The second-order valence-corrected chi connectivity index (χ2v) is 12.7. The van der Waals surface area contributed by atoms with Gasteiger partial charge < -0.3 is 0 Å². The number of thiophene rings is 1. The molecule has 1 saturated heterocycles. The summed E-state index contributed by atoms with van der Waals surface area (Å²) in [6.45, 7) is 2.34. The molecule has 0 radical (unpaired) electrons. The molecule has 38 heavy (non-hydrogen) atoms. The molecule has 9 nitrogen and oxygen atoms in total. The summed E-state index contributed by atoms with van der Waals surface area (Å²) in [5.41, 5.74) is 4.11. The lowest BCUT2D eigenvalue weighted by molar-refractivity contribution is 0.297.